The summed E-state index contributed by atoms with van der Waals surface area (Å²) in [5.74, 6) is -0.317. The molecule has 4 aromatic rings. The number of carbonyl (C=O) groups excluding carboxylic acids is 2. The Kier molecular flexibility index (Phi) is 9.11. The van der Waals surface area contributed by atoms with Crippen molar-refractivity contribution in [3.05, 3.63) is 99.8 Å². The number of nitrogens with zero attached hydrogens (tertiary/aromatic N) is 10. The Labute approximate surface area is 268 Å². The molecule has 16 nitrogen and oxygen atoms in total. The second kappa shape index (κ2) is 13.4. The Hall–Kier alpha value is -6.32. The van der Waals surface area contributed by atoms with E-state index in [4.69, 9.17) is 4.74 Å². The van der Waals surface area contributed by atoms with Crippen molar-refractivity contribution >= 4 is 29.9 Å². The number of carbonyl (C=O) groups is 2. The van der Waals surface area contributed by atoms with Gasteiger partial charge in [0.15, 0.2) is 17.2 Å². The maximum atomic E-state index is 13.0. The first kappa shape index (κ1) is 32.1. The van der Waals surface area contributed by atoms with E-state index in [1.165, 1.54) is 54.9 Å². The fraction of sp³-hybridized carbons (Fsp3) is 0.226. The molecule has 0 fully saturated rings. The van der Waals surface area contributed by atoms with E-state index in [9.17, 15) is 19.8 Å². The van der Waals surface area contributed by atoms with E-state index in [1.807, 2.05) is 6.08 Å². The topological polar surface area (TPSA) is 208 Å². The number of aromatic nitrogens is 8. The minimum atomic E-state index is -1.43. The van der Waals surface area contributed by atoms with E-state index in [1.54, 1.807) is 50.3 Å². The van der Waals surface area contributed by atoms with Crippen LogP contribution in [0.4, 0.5) is 0 Å². The number of esters is 1. The second-order valence-electron chi connectivity index (χ2n) is 10.9. The van der Waals surface area contributed by atoms with Gasteiger partial charge in [-0.05, 0) is 126 Å². The molecule has 2 heterocycles. The van der Waals surface area contributed by atoms with Gasteiger partial charge < -0.3 is 20.3 Å². The zero-order valence-electron chi connectivity index (χ0n) is 26.1. The molecule has 2 aromatic heterocycles. The molecule has 47 heavy (non-hydrogen) atoms. The van der Waals surface area contributed by atoms with Crippen LogP contribution in [0.15, 0.2) is 76.1 Å². The molecule has 3 N–H and O–H groups in total. The highest BCUT2D eigenvalue weighted by Gasteiger charge is 2.31. The summed E-state index contributed by atoms with van der Waals surface area (Å²) in [6, 6.07) is 9.78. The van der Waals surface area contributed by atoms with Gasteiger partial charge in [-0.1, -0.05) is 6.08 Å². The number of aryl methyl sites for hydroxylation is 2. The van der Waals surface area contributed by atoms with Crippen molar-refractivity contribution in [1.29, 1.82) is 0 Å². The fourth-order valence-electron chi connectivity index (χ4n) is 4.62. The van der Waals surface area contributed by atoms with E-state index in [0.29, 0.717) is 57.2 Å². The first-order chi connectivity index (χ1) is 22.4. The predicted octanol–water partition coefficient (Wildman–Crippen LogP) is 2.56. The van der Waals surface area contributed by atoms with Crippen molar-refractivity contribution in [2.24, 2.45) is 10.2 Å². The highest BCUT2D eigenvalue weighted by Crippen LogP contribution is 2.40. The van der Waals surface area contributed by atoms with Gasteiger partial charge in [-0.25, -0.2) is 0 Å². The smallest absolute Gasteiger partial charge is 0.303 e. The van der Waals surface area contributed by atoms with Crippen LogP contribution >= 0.6 is 0 Å². The Morgan fingerprint density at radius 2 is 1.45 bits per heavy atom. The van der Waals surface area contributed by atoms with Crippen LogP contribution in [0.3, 0.4) is 0 Å². The molecule has 1 aliphatic rings. The molecule has 0 radical (unpaired) electrons. The minimum Gasteiger partial charge on any atom is -0.507 e. The SMILES string of the molecule is CC(=O)OC(C)(C)C(=O)NC1=CC(=C(c2cc(C=Nn3nnnc3C)ccc2O)c2cc(C=Nn3nnnc3C)ccc2O)CC=C1. The molecule has 0 bridgehead atoms. The molecule has 0 unspecified atom stereocenters. The molecule has 0 atom stereocenters. The van der Waals surface area contributed by atoms with Crippen LogP contribution in [0.5, 0.6) is 11.5 Å². The van der Waals surface area contributed by atoms with Gasteiger partial charge in [-0.3, -0.25) is 9.59 Å². The molecular weight excluding hydrogens is 606 g/mol. The lowest BCUT2D eigenvalue weighted by atomic mass is 9.87. The molecule has 1 amide bonds. The number of benzene rings is 2. The van der Waals surface area contributed by atoms with Crippen molar-refractivity contribution in [2.45, 2.75) is 46.6 Å². The summed E-state index contributed by atoms with van der Waals surface area (Å²) >= 11 is 0. The molecule has 240 valence electrons. The molecule has 16 heteroatoms. The van der Waals surface area contributed by atoms with Crippen molar-refractivity contribution < 1.29 is 24.5 Å². The largest absolute Gasteiger partial charge is 0.507 e. The third-order valence-corrected chi connectivity index (χ3v) is 6.91. The lowest BCUT2D eigenvalue weighted by Crippen LogP contribution is -2.44. The van der Waals surface area contributed by atoms with Gasteiger partial charge in [-0.15, -0.1) is 19.8 Å². The molecule has 0 saturated heterocycles. The first-order valence-corrected chi connectivity index (χ1v) is 14.3. The van der Waals surface area contributed by atoms with Crippen LogP contribution in [0.25, 0.3) is 5.57 Å². The molecular formula is C31H31N11O5. The van der Waals surface area contributed by atoms with E-state index in [0.717, 1.165) is 0 Å². The van der Waals surface area contributed by atoms with Gasteiger partial charge in [0.1, 0.15) is 11.5 Å². The quantitative estimate of drug-likeness (QED) is 0.179. The Bertz CT molecular complexity index is 1900. The number of aromatic hydroxyl groups is 2. The maximum absolute atomic E-state index is 13.0. The van der Waals surface area contributed by atoms with Crippen LogP contribution in [0.1, 0.15) is 61.1 Å². The van der Waals surface area contributed by atoms with E-state index in [-0.39, 0.29) is 11.5 Å². The summed E-state index contributed by atoms with van der Waals surface area (Å²) in [7, 11) is 0. The summed E-state index contributed by atoms with van der Waals surface area (Å²) in [5.41, 5.74) is 2.04. The maximum Gasteiger partial charge on any atom is 0.303 e. The average molecular weight is 638 g/mol. The number of ether oxygens (including phenoxy) is 1. The number of hydrogen-bond acceptors (Lipinski definition) is 13. The van der Waals surface area contributed by atoms with Gasteiger partial charge in [-0.2, -0.15) is 10.2 Å². The Balaban J connectivity index is 1.64. The zero-order chi connectivity index (χ0) is 33.7. The average Bonchev–Trinajstić information content (AvgIpc) is 3.63. The molecule has 5 rings (SSSR count). The van der Waals surface area contributed by atoms with Crippen molar-refractivity contribution in [3.63, 3.8) is 0 Å². The highest BCUT2D eigenvalue weighted by atomic mass is 16.6. The second-order valence-corrected chi connectivity index (χ2v) is 10.9. The summed E-state index contributed by atoms with van der Waals surface area (Å²) in [6.45, 7) is 7.61. The third-order valence-electron chi connectivity index (χ3n) is 6.91. The van der Waals surface area contributed by atoms with Crippen LogP contribution < -0.4 is 5.32 Å². The standard InChI is InChI=1S/C31H31N11O5/c1-18-35-37-39-41(18)32-16-21-9-11-27(44)25(13-21)29(23-7-6-8-24(15-23)34-30(46)31(4,5)47-20(3)43)26-14-22(10-12-28(26)45)17-33-42-19(2)36-38-40-42/h6,8-17,44-45H,7H2,1-5H3,(H,34,46). The summed E-state index contributed by atoms with van der Waals surface area (Å²) in [6.07, 6.45) is 8.72. The normalized spacial score (nSPS) is 13.3. The van der Waals surface area contributed by atoms with Gasteiger partial charge in [0, 0.05) is 23.7 Å². The number of nitrogens with one attached hydrogen (secondary N) is 1. The molecule has 0 aliphatic heterocycles. The van der Waals surface area contributed by atoms with Gasteiger partial charge in [0.2, 0.25) is 0 Å². The number of rotatable bonds is 9. The van der Waals surface area contributed by atoms with Gasteiger partial charge >= 0.3 is 5.97 Å². The monoisotopic (exact) mass is 637 g/mol. The number of phenols is 2. The number of tetrazole rings is 2. The van der Waals surface area contributed by atoms with E-state index >= 15 is 0 Å². The highest BCUT2D eigenvalue weighted by molar-refractivity contribution is 5.94. The Morgan fingerprint density at radius 1 is 0.915 bits per heavy atom. The van der Waals surface area contributed by atoms with E-state index < -0.39 is 17.5 Å². The van der Waals surface area contributed by atoms with Crippen LogP contribution in [0, 0.1) is 13.8 Å². The number of phenolic OH excluding ortho intramolecular Hbond substituents is 2. The summed E-state index contributed by atoms with van der Waals surface area (Å²) < 4.78 is 5.19. The molecule has 0 spiro atoms. The predicted molar refractivity (Wildman–Crippen MR) is 169 cm³/mol. The summed E-state index contributed by atoms with van der Waals surface area (Å²) in [5, 5.41) is 56.3. The number of hydrogen-bond donors (Lipinski definition) is 3. The Morgan fingerprint density at radius 3 is 1.91 bits per heavy atom. The van der Waals surface area contributed by atoms with Gasteiger partial charge in [0.05, 0.1) is 12.4 Å². The first-order valence-electron chi connectivity index (χ1n) is 14.3. The molecule has 0 saturated carbocycles. The van der Waals surface area contributed by atoms with E-state index in [2.05, 4.69) is 46.6 Å². The van der Waals surface area contributed by atoms with Crippen LogP contribution in [-0.2, 0) is 14.3 Å². The van der Waals surface area contributed by atoms with Gasteiger partial charge in [0.25, 0.3) is 5.91 Å². The minimum absolute atomic E-state index is 0.0735. The zero-order valence-corrected chi connectivity index (χ0v) is 26.1. The lowest BCUT2D eigenvalue weighted by molar-refractivity contribution is -0.162. The lowest BCUT2D eigenvalue weighted by Gasteiger charge is -2.24. The van der Waals surface area contributed by atoms with Crippen LogP contribution in [-0.4, -0.2) is 80.8 Å². The molecule has 1 aliphatic carbocycles. The number of amides is 1. The summed E-state index contributed by atoms with van der Waals surface area (Å²) in [4.78, 5) is 27.1. The number of allylic oxidation sites excluding steroid dienone is 4. The fourth-order valence-corrected chi connectivity index (χ4v) is 4.62. The van der Waals surface area contributed by atoms with Crippen molar-refractivity contribution in [1.82, 2.24) is 45.9 Å². The third kappa shape index (κ3) is 7.50. The molecule has 2 aromatic carbocycles. The van der Waals surface area contributed by atoms with Crippen molar-refractivity contribution in [2.75, 3.05) is 0 Å². The van der Waals surface area contributed by atoms with Crippen molar-refractivity contribution in [3.8, 4) is 11.5 Å². The van der Waals surface area contributed by atoms with Crippen LogP contribution in [0.2, 0.25) is 0 Å².